The van der Waals surface area contributed by atoms with Crippen molar-refractivity contribution in [2.45, 2.75) is 32.2 Å². The summed E-state index contributed by atoms with van der Waals surface area (Å²) in [5, 5.41) is 2.76. The lowest BCUT2D eigenvalue weighted by Gasteiger charge is -2.09. The zero-order chi connectivity index (χ0) is 18.6. The van der Waals surface area contributed by atoms with Crippen LogP contribution in [0.3, 0.4) is 0 Å². The molecule has 0 atom stereocenters. The van der Waals surface area contributed by atoms with Crippen molar-refractivity contribution in [3.8, 4) is 0 Å². The van der Waals surface area contributed by atoms with E-state index in [1.807, 2.05) is 31.4 Å². The van der Waals surface area contributed by atoms with E-state index in [1.165, 1.54) is 12.1 Å². The van der Waals surface area contributed by atoms with Gasteiger partial charge in [0.15, 0.2) is 0 Å². The summed E-state index contributed by atoms with van der Waals surface area (Å²) in [6.07, 6.45) is 0. The Morgan fingerprint density at radius 2 is 1.96 bits per heavy atom. The minimum Gasteiger partial charge on any atom is -0.349 e. The van der Waals surface area contributed by atoms with E-state index in [0.29, 0.717) is 11.3 Å². The molecule has 0 radical (unpaired) electrons. The van der Waals surface area contributed by atoms with Crippen LogP contribution in [-0.4, -0.2) is 32.0 Å². The molecule has 8 heteroatoms. The van der Waals surface area contributed by atoms with Gasteiger partial charge in [-0.3, -0.25) is 4.79 Å². The first-order chi connectivity index (χ1) is 11.8. The van der Waals surface area contributed by atoms with Gasteiger partial charge in [-0.25, -0.2) is 13.1 Å². The molecule has 0 fully saturated rings. The summed E-state index contributed by atoms with van der Waals surface area (Å²) < 4.78 is 28.8. The third-order valence-electron chi connectivity index (χ3n) is 3.97. The molecule has 0 aliphatic heterocycles. The Bertz CT molecular complexity index is 872. The number of hydrogen-bond acceptors (Lipinski definition) is 4. The topological polar surface area (TPSA) is 106 Å². The highest BCUT2D eigenvalue weighted by atomic mass is 32.2. The Morgan fingerprint density at radius 1 is 1.24 bits per heavy atom. The maximum absolute atomic E-state index is 12.5. The van der Waals surface area contributed by atoms with Crippen LogP contribution >= 0.6 is 0 Å². The van der Waals surface area contributed by atoms with Crippen molar-refractivity contribution < 1.29 is 13.2 Å². The van der Waals surface area contributed by atoms with Crippen LogP contribution in [0.2, 0.25) is 0 Å². The Labute approximate surface area is 148 Å². The van der Waals surface area contributed by atoms with Crippen LogP contribution in [0.15, 0.2) is 35.2 Å². The summed E-state index contributed by atoms with van der Waals surface area (Å²) in [4.78, 5) is 12.6. The molecule has 1 aromatic carbocycles. The monoisotopic (exact) mass is 364 g/mol. The molecule has 0 unspecified atom stereocenters. The van der Waals surface area contributed by atoms with E-state index in [2.05, 4.69) is 10.0 Å². The number of hydrogen-bond donors (Lipinski definition) is 3. The van der Waals surface area contributed by atoms with Crippen molar-refractivity contribution in [1.29, 1.82) is 0 Å². The number of nitrogens with one attached hydrogen (secondary N) is 2. The molecule has 7 nitrogen and oxygen atoms in total. The summed E-state index contributed by atoms with van der Waals surface area (Å²) in [5.74, 6) is -0.266. The van der Waals surface area contributed by atoms with Crippen LogP contribution in [0.25, 0.3) is 0 Å². The van der Waals surface area contributed by atoms with Crippen molar-refractivity contribution >= 4 is 21.6 Å². The van der Waals surface area contributed by atoms with Crippen molar-refractivity contribution in [2.75, 3.05) is 18.4 Å². The summed E-state index contributed by atoms with van der Waals surface area (Å²) in [7, 11) is -3.65. The quantitative estimate of drug-likeness (QED) is 0.694. The van der Waals surface area contributed by atoms with Crippen molar-refractivity contribution in [3.05, 3.63) is 47.3 Å². The molecule has 2 rings (SSSR count). The number of rotatable bonds is 7. The maximum atomic E-state index is 12.5. The average molecular weight is 364 g/mol. The molecular formula is C17H24N4O3S. The predicted octanol–water partition coefficient (Wildman–Crippen LogP) is 1.61. The maximum Gasteiger partial charge on any atom is 0.257 e. The molecule has 25 heavy (non-hydrogen) atoms. The standard InChI is InChI=1S/C17H24N4O3S/c1-4-21-12(2)10-16(13(21)3)17(22)20-14-6-5-7-15(11-14)25(23,24)19-9-8-18/h5-7,10-11,19H,4,8-9,18H2,1-3H3,(H,20,22). The van der Waals surface area contributed by atoms with E-state index in [1.54, 1.807) is 12.1 Å². The third-order valence-corrected chi connectivity index (χ3v) is 5.43. The van der Waals surface area contributed by atoms with Crippen LogP contribution < -0.4 is 15.8 Å². The van der Waals surface area contributed by atoms with Gasteiger partial charge < -0.3 is 15.6 Å². The Morgan fingerprint density at radius 3 is 2.56 bits per heavy atom. The van der Waals surface area contributed by atoms with E-state index in [9.17, 15) is 13.2 Å². The van der Waals surface area contributed by atoms with E-state index >= 15 is 0 Å². The highest BCUT2D eigenvalue weighted by molar-refractivity contribution is 7.89. The van der Waals surface area contributed by atoms with E-state index in [0.717, 1.165) is 17.9 Å². The lowest BCUT2D eigenvalue weighted by Crippen LogP contribution is -2.29. The molecule has 1 heterocycles. The summed E-state index contributed by atoms with van der Waals surface area (Å²) in [5.41, 5.74) is 8.21. The number of aromatic nitrogens is 1. The van der Waals surface area contributed by atoms with Gasteiger partial charge in [0.05, 0.1) is 10.5 Å². The normalized spacial score (nSPS) is 11.5. The van der Waals surface area contributed by atoms with Crippen LogP contribution in [0.5, 0.6) is 0 Å². The largest absolute Gasteiger partial charge is 0.349 e. The lowest BCUT2D eigenvalue weighted by molar-refractivity contribution is 0.102. The predicted molar refractivity (Wildman–Crippen MR) is 98.2 cm³/mol. The number of anilines is 1. The molecule has 1 aromatic heterocycles. The number of nitrogens with zero attached hydrogens (tertiary/aromatic N) is 1. The van der Waals surface area contributed by atoms with E-state index in [4.69, 9.17) is 5.73 Å². The average Bonchev–Trinajstić information content (AvgIpc) is 2.87. The van der Waals surface area contributed by atoms with Crippen LogP contribution in [0.1, 0.15) is 28.7 Å². The van der Waals surface area contributed by atoms with Crippen LogP contribution in [-0.2, 0) is 16.6 Å². The first kappa shape index (κ1) is 19.2. The van der Waals surface area contributed by atoms with Gasteiger partial charge in [-0.15, -0.1) is 0 Å². The SMILES string of the molecule is CCn1c(C)cc(C(=O)Nc2cccc(S(=O)(=O)NCCN)c2)c1C. The van der Waals surface area contributed by atoms with Crippen LogP contribution in [0.4, 0.5) is 5.69 Å². The fraction of sp³-hybridized carbons (Fsp3) is 0.353. The zero-order valence-electron chi connectivity index (χ0n) is 14.7. The lowest BCUT2D eigenvalue weighted by atomic mass is 10.2. The molecule has 4 N–H and O–H groups in total. The van der Waals surface area contributed by atoms with Gasteiger partial charge in [-0.1, -0.05) is 6.07 Å². The molecule has 0 bridgehead atoms. The Balaban J connectivity index is 2.24. The molecule has 0 saturated carbocycles. The fourth-order valence-electron chi connectivity index (χ4n) is 2.73. The molecule has 2 aromatic rings. The van der Waals surface area contributed by atoms with E-state index < -0.39 is 10.0 Å². The van der Waals surface area contributed by atoms with Gasteiger partial charge >= 0.3 is 0 Å². The Hall–Kier alpha value is -2.16. The molecular weight excluding hydrogens is 340 g/mol. The van der Waals surface area contributed by atoms with Gasteiger partial charge in [0.25, 0.3) is 5.91 Å². The van der Waals surface area contributed by atoms with Crippen molar-refractivity contribution in [2.24, 2.45) is 5.73 Å². The number of aryl methyl sites for hydroxylation is 1. The van der Waals surface area contributed by atoms with Gasteiger partial charge in [0.2, 0.25) is 10.0 Å². The smallest absolute Gasteiger partial charge is 0.257 e. The number of amides is 1. The van der Waals surface area contributed by atoms with Crippen molar-refractivity contribution in [3.63, 3.8) is 0 Å². The van der Waals surface area contributed by atoms with Gasteiger partial charge in [0, 0.05) is 36.7 Å². The number of nitrogens with two attached hydrogens (primary N) is 1. The second-order valence-corrected chi connectivity index (χ2v) is 7.46. The van der Waals surface area contributed by atoms with Gasteiger partial charge in [-0.2, -0.15) is 0 Å². The fourth-order valence-corrected chi connectivity index (χ4v) is 3.83. The molecule has 0 aliphatic carbocycles. The van der Waals surface area contributed by atoms with Gasteiger partial charge in [-0.05, 0) is 45.0 Å². The molecule has 136 valence electrons. The molecule has 1 amide bonds. The number of benzene rings is 1. The molecule has 0 aliphatic rings. The van der Waals surface area contributed by atoms with Gasteiger partial charge in [0.1, 0.15) is 0 Å². The number of carbonyl (C=O) groups is 1. The molecule has 0 saturated heterocycles. The summed E-state index contributed by atoms with van der Waals surface area (Å²) in [6, 6.07) is 7.96. The Kier molecular flexibility index (Phi) is 5.99. The minimum absolute atomic E-state index is 0.0813. The minimum atomic E-state index is -3.65. The third kappa shape index (κ3) is 4.28. The molecule has 0 spiro atoms. The first-order valence-corrected chi connectivity index (χ1v) is 9.56. The number of carbonyl (C=O) groups excluding carboxylic acids is 1. The highest BCUT2D eigenvalue weighted by Crippen LogP contribution is 2.19. The van der Waals surface area contributed by atoms with E-state index in [-0.39, 0.29) is 23.9 Å². The highest BCUT2D eigenvalue weighted by Gasteiger charge is 2.17. The first-order valence-electron chi connectivity index (χ1n) is 8.08. The second-order valence-electron chi connectivity index (χ2n) is 5.70. The second kappa shape index (κ2) is 7.81. The summed E-state index contributed by atoms with van der Waals surface area (Å²) in [6.45, 7) is 7.01. The number of sulfonamides is 1. The summed E-state index contributed by atoms with van der Waals surface area (Å²) >= 11 is 0. The van der Waals surface area contributed by atoms with Crippen molar-refractivity contribution in [1.82, 2.24) is 9.29 Å². The van der Waals surface area contributed by atoms with Crippen LogP contribution in [0, 0.1) is 13.8 Å². The zero-order valence-corrected chi connectivity index (χ0v) is 15.5.